The van der Waals surface area contributed by atoms with Gasteiger partial charge in [-0.2, -0.15) is 13.2 Å². The maximum Gasteiger partial charge on any atom is 0.451 e. The predicted octanol–water partition coefficient (Wildman–Crippen LogP) is 1.84. The van der Waals surface area contributed by atoms with Gasteiger partial charge in [0.05, 0.1) is 5.75 Å². The minimum Gasteiger partial charge on any atom is -0.351 e. The van der Waals surface area contributed by atoms with E-state index in [0.717, 1.165) is 16.3 Å². The summed E-state index contributed by atoms with van der Waals surface area (Å²) >= 11 is 0.910. The van der Waals surface area contributed by atoms with Crippen molar-refractivity contribution in [3.8, 4) is 0 Å². The molecule has 0 fully saturated rings. The normalized spacial score (nSPS) is 12.6. The molecule has 0 unspecified atom stereocenters. The van der Waals surface area contributed by atoms with Gasteiger partial charge in [-0.3, -0.25) is 4.79 Å². The Morgan fingerprint density at radius 1 is 1.32 bits per heavy atom. The quantitative estimate of drug-likeness (QED) is 0.865. The fourth-order valence-electron chi connectivity index (χ4n) is 1.27. The molecule has 0 bridgehead atoms. The fourth-order valence-corrected chi connectivity index (χ4v) is 1.98. The van der Waals surface area contributed by atoms with Crippen LogP contribution in [0.5, 0.6) is 0 Å². The Balaban J connectivity index is 2.65. The molecule has 0 aromatic carbocycles. The summed E-state index contributed by atoms with van der Waals surface area (Å²) in [5, 5.41) is 9.26. The van der Waals surface area contributed by atoms with Crippen LogP contribution in [-0.4, -0.2) is 32.0 Å². The van der Waals surface area contributed by atoms with E-state index in [2.05, 4.69) is 15.5 Å². The van der Waals surface area contributed by atoms with Crippen molar-refractivity contribution in [2.24, 2.45) is 7.05 Å². The van der Waals surface area contributed by atoms with E-state index >= 15 is 0 Å². The van der Waals surface area contributed by atoms with Crippen molar-refractivity contribution in [2.75, 3.05) is 5.75 Å². The molecule has 1 aromatic heterocycles. The lowest BCUT2D eigenvalue weighted by atomic mass is 10.1. The van der Waals surface area contributed by atoms with Crippen molar-refractivity contribution in [3.05, 3.63) is 5.82 Å². The number of nitrogens with one attached hydrogen (secondary N) is 1. The third kappa shape index (κ3) is 4.73. The van der Waals surface area contributed by atoms with Crippen LogP contribution in [0.2, 0.25) is 0 Å². The highest BCUT2D eigenvalue weighted by Gasteiger charge is 2.37. The average Bonchev–Trinajstić information content (AvgIpc) is 2.53. The minimum atomic E-state index is -4.55. The molecule has 0 aliphatic rings. The number of rotatable bonds is 3. The second-order valence-corrected chi connectivity index (χ2v) is 5.89. The van der Waals surface area contributed by atoms with Gasteiger partial charge in [-0.1, -0.05) is 11.8 Å². The van der Waals surface area contributed by atoms with E-state index in [1.807, 2.05) is 20.8 Å². The second kappa shape index (κ2) is 5.40. The summed E-state index contributed by atoms with van der Waals surface area (Å²) in [5.74, 6) is -1.36. The Morgan fingerprint density at radius 2 is 1.89 bits per heavy atom. The first-order chi connectivity index (χ1) is 8.50. The van der Waals surface area contributed by atoms with Crippen molar-refractivity contribution in [3.63, 3.8) is 0 Å². The number of carbonyl (C=O) groups excluding carboxylic acids is 1. The van der Waals surface area contributed by atoms with Gasteiger partial charge >= 0.3 is 6.18 Å². The Hall–Kier alpha value is -1.25. The number of alkyl halides is 3. The molecule has 1 aromatic rings. The molecule has 1 amide bonds. The van der Waals surface area contributed by atoms with Gasteiger partial charge in [0.2, 0.25) is 11.7 Å². The van der Waals surface area contributed by atoms with Crippen LogP contribution in [0.1, 0.15) is 26.6 Å². The van der Waals surface area contributed by atoms with E-state index < -0.39 is 12.0 Å². The van der Waals surface area contributed by atoms with Crippen LogP contribution in [-0.2, 0) is 18.0 Å². The molecule has 19 heavy (non-hydrogen) atoms. The Morgan fingerprint density at radius 3 is 2.32 bits per heavy atom. The zero-order chi connectivity index (χ0) is 14.8. The Kier molecular flexibility index (Phi) is 4.49. The van der Waals surface area contributed by atoms with Gasteiger partial charge in [0, 0.05) is 12.6 Å². The van der Waals surface area contributed by atoms with E-state index in [1.165, 1.54) is 7.05 Å². The number of thioether (sulfide) groups is 1. The first-order valence-electron chi connectivity index (χ1n) is 5.41. The van der Waals surface area contributed by atoms with Crippen LogP contribution < -0.4 is 5.32 Å². The Bertz CT molecular complexity index is 464. The lowest BCUT2D eigenvalue weighted by Gasteiger charge is -2.20. The van der Waals surface area contributed by atoms with Crippen molar-refractivity contribution < 1.29 is 18.0 Å². The summed E-state index contributed by atoms with van der Waals surface area (Å²) in [7, 11) is 1.22. The molecular formula is C10H15F3N4OS. The van der Waals surface area contributed by atoms with Gasteiger partial charge < -0.3 is 9.88 Å². The van der Waals surface area contributed by atoms with Crippen LogP contribution in [0.25, 0.3) is 0 Å². The lowest BCUT2D eigenvalue weighted by molar-refractivity contribution is -0.147. The third-order valence-electron chi connectivity index (χ3n) is 1.94. The number of aromatic nitrogens is 3. The zero-order valence-electron chi connectivity index (χ0n) is 11.0. The molecule has 0 saturated heterocycles. The molecule has 0 spiro atoms. The maximum atomic E-state index is 12.5. The highest BCUT2D eigenvalue weighted by Crippen LogP contribution is 2.29. The number of carbonyl (C=O) groups is 1. The van der Waals surface area contributed by atoms with E-state index in [-0.39, 0.29) is 22.4 Å². The highest BCUT2D eigenvalue weighted by atomic mass is 32.2. The molecule has 0 atom stereocenters. The van der Waals surface area contributed by atoms with Gasteiger partial charge in [0.25, 0.3) is 0 Å². The molecule has 0 radical (unpaired) electrons. The summed E-state index contributed by atoms with van der Waals surface area (Å²) < 4.78 is 38.2. The molecule has 1 rings (SSSR count). The summed E-state index contributed by atoms with van der Waals surface area (Å²) in [6, 6.07) is 0. The first-order valence-corrected chi connectivity index (χ1v) is 6.39. The summed E-state index contributed by atoms with van der Waals surface area (Å²) in [6.45, 7) is 5.46. The summed E-state index contributed by atoms with van der Waals surface area (Å²) in [4.78, 5) is 11.5. The molecule has 108 valence electrons. The van der Waals surface area contributed by atoms with Gasteiger partial charge in [0.1, 0.15) is 0 Å². The third-order valence-corrected chi connectivity index (χ3v) is 2.96. The standard InChI is InChI=1S/C10H15F3N4OS/c1-9(2,3)14-6(18)5-19-8-16-15-7(17(8)4)10(11,12)13/h5H2,1-4H3,(H,14,18). The summed E-state index contributed by atoms with van der Waals surface area (Å²) in [6.07, 6.45) is -4.55. The molecule has 9 heteroatoms. The number of hydrogen-bond donors (Lipinski definition) is 1. The highest BCUT2D eigenvalue weighted by molar-refractivity contribution is 7.99. The molecule has 0 saturated carbocycles. The van der Waals surface area contributed by atoms with Crippen molar-refractivity contribution in [2.45, 2.75) is 37.6 Å². The van der Waals surface area contributed by atoms with E-state index in [1.54, 1.807) is 0 Å². The number of nitrogens with zero attached hydrogens (tertiary/aromatic N) is 3. The largest absolute Gasteiger partial charge is 0.451 e. The van der Waals surface area contributed by atoms with Gasteiger partial charge in [-0.15, -0.1) is 10.2 Å². The number of hydrogen-bond acceptors (Lipinski definition) is 4. The van der Waals surface area contributed by atoms with Crippen LogP contribution in [0, 0.1) is 0 Å². The maximum absolute atomic E-state index is 12.5. The van der Waals surface area contributed by atoms with E-state index in [4.69, 9.17) is 0 Å². The average molecular weight is 296 g/mol. The minimum absolute atomic E-state index is 0.0128. The van der Waals surface area contributed by atoms with Crippen molar-refractivity contribution in [1.29, 1.82) is 0 Å². The lowest BCUT2D eigenvalue weighted by Crippen LogP contribution is -2.41. The predicted molar refractivity (Wildman–Crippen MR) is 64.6 cm³/mol. The number of halogens is 3. The number of amides is 1. The molecule has 1 N–H and O–H groups in total. The van der Waals surface area contributed by atoms with Gasteiger partial charge in [-0.25, -0.2) is 0 Å². The molecule has 5 nitrogen and oxygen atoms in total. The summed E-state index contributed by atoms with van der Waals surface area (Å²) in [5.41, 5.74) is -0.380. The second-order valence-electron chi connectivity index (χ2n) is 4.95. The van der Waals surface area contributed by atoms with E-state index in [9.17, 15) is 18.0 Å². The molecular weight excluding hydrogens is 281 g/mol. The topological polar surface area (TPSA) is 59.8 Å². The van der Waals surface area contributed by atoms with Crippen molar-refractivity contribution >= 4 is 17.7 Å². The zero-order valence-corrected chi connectivity index (χ0v) is 11.8. The molecule has 0 aliphatic heterocycles. The molecule has 0 aliphatic carbocycles. The first kappa shape index (κ1) is 15.8. The fraction of sp³-hybridized carbons (Fsp3) is 0.700. The van der Waals surface area contributed by atoms with E-state index in [0.29, 0.717) is 0 Å². The Labute approximate surface area is 113 Å². The van der Waals surface area contributed by atoms with Crippen LogP contribution >= 0.6 is 11.8 Å². The monoisotopic (exact) mass is 296 g/mol. The van der Waals surface area contributed by atoms with Crippen molar-refractivity contribution in [1.82, 2.24) is 20.1 Å². The van der Waals surface area contributed by atoms with Gasteiger partial charge in [-0.05, 0) is 20.8 Å². The van der Waals surface area contributed by atoms with Gasteiger partial charge in [0.15, 0.2) is 5.16 Å². The molecule has 1 heterocycles. The smallest absolute Gasteiger partial charge is 0.351 e. The van der Waals surface area contributed by atoms with Crippen LogP contribution in [0.4, 0.5) is 13.2 Å². The SMILES string of the molecule is Cn1c(SCC(=O)NC(C)(C)C)nnc1C(F)(F)F. The van der Waals surface area contributed by atoms with Crippen LogP contribution in [0.3, 0.4) is 0 Å². The van der Waals surface area contributed by atoms with Crippen LogP contribution in [0.15, 0.2) is 5.16 Å².